The van der Waals surface area contributed by atoms with Crippen LogP contribution in [0.5, 0.6) is 5.88 Å². The van der Waals surface area contributed by atoms with Gasteiger partial charge in [0.05, 0.1) is 11.9 Å². The minimum atomic E-state index is -0.579. The van der Waals surface area contributed by atoms with Gasteiger partial charge in [0, 0.05) is 13.0 Å². The summed E-state index contributed by atoms with van der Waals surface area (Å²) in [4.78, 5) is 18.1. The zero-order valence-corrected chi connectivity index (χ0v) is 16.1. The molecule has 2 aromatic rings. The number of amidine groups is 1. The number of rotatable bonds is 3. The number of fused-ring (bicyclic) bond motifs is 1. The van der Waals surface area contributed by atoms with Crippen molar-refractivity contribution in [2.24, 2.45) is 16.7 Å². The summed E-state index contributed by atoms with van der Waals surface area (Å²) in [7, 11) is 0. The van der Waals surface area contributed by atoms with Crippen molar-refractivity contribution in [3.05, 3.63) is 35.8 Å². The lowest BCUT2D eigenvalue weighted by Crippen LogP contribution is -2.36. The van der Waals surface area contributed by atoms with Crippen LogP contribution in [0.2, 0.25) is 0 Å². The zero-order valence-electron chi connectivity index (χ0n) is 16.1. The molecule has 1 saturated heterocycles. The first-order valence-corrected chi connectivity index (χ1v) is 8.95. The molecule has 1 aromatic heterocycles. The van der Waals surface area contributed by atoms with Gasteiger partial charge in [-0.3, -0.25) is 0 Å². The SMILES string of the molecule is CC(C)(C)OC(=O)N1CCC(Oc2nc(/C(N)=N\N)cc3cccc(F)c23)C1. The number of carbonyl (C=O) groups is 1. The van der Waals surface area contributed by atoms with Gasteiger partial charge in [0.2, 0.25) is 5.88 Å². The molecule has 0 radical (unpaired) electrons. The lowest BCUT2D eigenvalue weighted by atomic mass is 10.1. The summed E-state index contributed by atoms with van der Waals surface area (Å²) in [6.07, 6.45) is -0.188. The van der Waals surface area contributed by atoms with Gasteiger partial charge in [-0.2, -0.15) is 5.10 Å². The smallest absolute Gasteiger partial charge is 0.410 e. The van der Waals surface area contributed by atoms with Gasteiger partial charge < -0.3 is 25.9 Å². The predicted octanol–water partition coefficient (Wildman–Crippen LogP) is 2.34. The lowest BCUT2D eigenvalue weighted by molar-refractivity contribution is 0.0275. The van der Waals surface area contributed by atoms with E-state index in [4.69, 9.17) is 21.1 Å². The maximum absolute atomic E-state index is 14.4. The minimum absolute atomic E-state index is 0.0119. The van der Waals surface area contributed by atoms with Gasteiger partial charge in [-0.25, -0.2) is 14.2 Å². The molecule has 1 aromatic carbocycles. The molecule has 9 heteroatoms. The fourth-order valence-corrected chi connectivity index (χ4v) is 2.99. The van der Waals surface area contributed by atoms with Crippen molar-refractivity contribution in [1.29, 1.82) is 0 Å². The molecule has 1 aliphatic heterocycles. The number of pyridine rings is 1. The van der Waals surface area contributed by atoms with Crippen molar-refractivity contribution in [3.63, 3.8) is 0 Å². The molecule has 28 heavy (non-hydrogen) atoms. The third-order valence-corrected chi connectivity index (χ3v) is 4.25. The van der Waals surface area contributed by atoms with E-state index < -0.39 is 17.5 Å². The molecule has 2 heterocycles. The number of hydrogen-bond donors (Lipinski definition) is 2. The first-order valence-electron chi connectivity index (χ1n) is 8.95. The van der Waals surface area contributed by atoms with Gasteiger partial charge >= 0.3 is 6.09 Å². The second-order valence-electron chi connectivity index (χ2n) is 7.62. The topological polar surface area (TPSA) is 116 Å². The highest BCUT2D eigenvalue weighted by Gasteiger charge is 2.31. The molecule has 1 unspecified atom stereocenters. The maximum atomic E-state index is 14.4. The normalized spacial score (nSPS) is 17.8. The van der Waals surface area contributed by atoms with Crippen molar-refractivity contribution < 1.29 is 18.7 Å². The summed E-state index contributed by atoms with van der Waals surface area (Å²) in [6, 6.07) is 6.24. The van der Waals surface area contributed by atoms with Gasteiger partial charge in [0.15, 0.2) is 5.84 Å². The van der Waals surface area contributed by atoms with E-state index >= 15 is 0 Å². The van der Waals surface area contributed by atoms with E-state index in [0.29, 0.717) is 24.9 Å². The molecule has 0 spiro atoms. The molecule has 1 aliphatic rings. The Morgan fingerprint density at radius 1 is 1.39 bits per heavy atom. The third-order valence-electron chi connectivity index (χ3n) is 4.25. The number of amides is 1. The summed E-state index contributed by atoms with van der Waals surface area (Å²) in [6.45, 7) is 6.22. The highest BCUT2D eigenvalue weighted by molar-refractivity contribution is 6.00. The number of benzene rings is 1. The van der Waals surface area contributed by atoms with Crippen LogP contribution >= 0.6 is 0 Å². The fraction of sp³-hybridized carbons (Fsp3) is 0.421. The summed E-state index contributed by atoms with van der Waals surface area (Å²) in [5, 5.41) is 4.25. The number of nitrogens with zero attached hydrogens (tertiary/aromatic N) is 3. The van der Waals surface area contributed by atoms with E-state index in [-0.39, 0.29) is 28.9 Å². The van der Waals surface area contributed by atoms with Crippen molar-refractivity contribution in [2.45, 2.75) is 38.9 Å². The Labute approximate surface area is 162 Å². The van der Waals surface area contributed by atoms with Gasteiger partial charge in [0.25, 0.3) is 0 Å². The van der Waals surface area contributed by atoms with E-state index in [2.05, 4.69) is 10.1 Å². The summed E-state index contributed by atoms with van der Waals surface area (Å²) in [5.74, 6) is 4.89. The van der Waals surface area contributed by atoms with Crippen molar-refractivity contribution in [1.82, 2.24) is 9.88 Å². The summed E-state index contributed by atoms with van der Waals surface area (Å²) < 4.78 is 25.8. The standard InChI is InChI=1S/C19H24FN5O3/c1-19(2,3)28-18(26)25-8-7-12(10-25)27-17-15-11(5-4-6-13(15)20)9-14(23-17)16(21)24-22/h4-6,9,12H,7-8,10,22H2,1-3H3,(H2,21,24). The average molecular weight is 389 g/mol. The molecular formula is C19H24FN5O3. The van der Waals surface area contributed by atoms with Crippen LogP contribution in [0.15, 0.2) is 29.4 Å². The van der Waals surface area contributed by atoms with Crippen molar-refractivity contribution in [2.75, 3.05) is 13.1 Å². The molecule has 0 bridgehead atoms. The Bertz CT molecular complexity index is 926. The largest absolute Gasteiger partial charge is 0.472 e. The quantitative estimate of drug-likeness (QED) is 0.360. The zero-order chi connectivity index (χ0) is 20.5. The average Bonchev–Trinajstić information content (AvgIpc) is 3.08. The Morgan fingerprint density at radius 3 is 2.82 bits per heavy atom. The Hall–Kier alpha value is -3.10. The predicted molar refractivity (Wildman–Crippen MR) is 103 cm³/mol. The van der Waals surface area contributed by atoms with Crippen LogP contribution in [0.25, 0.3) is 10.8 Å². The van der Waals surface area contributed by atoms with Gasteiger partial charge in [0.1, 0.15) is 23.2 Å². The summed E-state index contributed by atoms with van der Waals surface area (Å²) in [5.41, 5.74) is 5.48. The first-order chi connectivity index (χ1) is 13.2. The number of carbonyl (C=O) groups excluding carboxylic acids is 1. The Morgan fingerprint density at radius 2 is 2.14 bits per heavy atom. The highest BCUT2D eigenvalue weighted by atomic mass is 19.1. The first kappa shape index (κ1) is 19.7. The number of hydrazone groups is 1. The van der Waals surface area contributed by atoms with Crippen LogP contribution in [0.3, 0.4) is 0 Å². The second kappa shape index (κ2) is 7.49. The van der Waals surface area contributed by atoms with Gasteiger partial charge in [-0.1, -0.05) is 12.1 Å². The molecule has 8 nitrogen and oxygen atoms in total. The van der Waals surface area contributed by atoms with Crippen LogP contribution in [0.4, 0.5) is 9.18 Å². The lowest BCUT2D eigenvalue weighted by Gasteiger charge is -2.24. The molecule has 1 amide bonds. The van der Waals surface area contributed by atoms with E-state index in [1.54, 1.807) is 23.1 Å². The molecule has 0 aliphatic carbocycles. The molecule has 1 fully saturated rings. The van der Waals surface area contributed by atoms with Gasteiger partial charge in [-0.15, -0.1) is 0 Å². The van der Waals surface area contributed by atoms with Crippen molar-refractivity contribution >= 4 is 22.7 Å². The maximum Gasteiger partial charge on any atom is 0.410 e. The molecular weight excluding hydrogens is 365 g/mol. The molecule has 4 N–H and O–H groups in total. The van der Waals surface area contributed by atoms with Crippen LogP contribution in [-0.2, 0) is 4.74 Å². The molecule has 3 rings (SSSR count). The van der Waals surface area contributed by atoms with Crippen molar-refractivity contribution in [3.8, 4) is 5.88 Å². The van der Waals surface area contributed by atoms with Gasteiger partial charge in [-0.05, 0) is 38.3 Å². The monoisotopic (exact) mass is 389 g/mol. The van der Waals surface area contributed by atoms with E-state index in [1.807, 2.05) is 20.8 Å². The molecule has 150 valence electrons. The second-order valence-corrected chi connectivity index (χ2v) is 7.62. The third kappa shape index (κ3) is 4.24. The number of aromatic nitrogens is 1. The van der Waals surface area contributed by atoms with Crippen LogP contribution < -0.4 is 16.3 Å². The fourth-order valence-electron chi connectivity index (χ4n) is 2.99. The summed E-state index contributed by atoms with van der Waals surface area (Å²) >= 11 is 0. The Balaban J connectivity index is 1.85. The van der Waals surface area contributed by atoms with E-state index in [0.717, 1.165) is 0 Å². The van der Waals surface area contributed by atoms with Crippen LogP contribution in [-0.4, -0.2) is 46.6 Å². The number of nitrogens with two attached hydrogens (primary N) is 2. The number of halogens is 1. The molecule has 0 saturated carbocycles. The van der Waals surface area contributed by atoms with Crippen LogP contribution in [0.1, 0.15) is 32.9 Å². The number of ether oxygens (including phenoxy) is 2. The van der Waals surface area contributed by atoms with E-state index in [1.165, 1.54) is 6.07 Å². The molecule has 1 atom stereocenters. The van der Waals surface area contributed by atoms with Crippen LogP contribution in [0, 0.1) is 5.82 Å². The number of likely N-dealkylation sites (tertiary alicyclic amines) is 1. The number of hydrogen-bond acceptors (Lipinski definition) is 6. The highest BCUT2D eigenvalue weighted by Crippen LogP contribution is 2.29. The minimum Gasteiger partial charge on any atom is -0.472 e. The Kier molecular flexibility index (Phi) is 5.26. The van der Waals surface area contributed by atoms with E-state index in [9.17, 15) is 9.18 Å².